The number of fused-ring (bicyclic) bond motifs is 2. The van der Waals surface area contributed by atoms with Crippen LogP contribution >= 0.6 is 0 Å². The SMILES string of the molecule is CN1CCN(c2ccc(CNC(=O)C3C4CCC(C4)C3N)cn2)CC1. The summed E-state index contributed by atoms with van der Waals surface area (Å²) in [6.45, 7) is 4.71. The van der Waals surface area contributed by atoms with Gasteiger partial charge in [-0.1, -0.05) is 6.07 Å². The Morgan fingerprint density at radius 3 is 2.64 bits per heavy atom. The minimum atomic E-state index is 0.0105. The number of hydrogen-bond acceptors (Lipinski definition) is 5. The van der Waals surface area contributed by atoms with Crippen molar-refractivity contribution >= 4 is 11.7 Å². The molecule has 4 unspecified atom stereocenters. The highest BCUT2D eigenvalue weighted by Crippen LogP contribution is 2.47. The molecule has 4 rings (SSSR count). The predicted octanol–water partition coefficient (Wildman–Crippen LogP) is 0.823. The Morgan fingerprint density at radius 1 is 1.24 bits per heavy atom. The number of hydrogen-bond donors (Lipinski definition) is 2. The second kappa shape index (κ2) is 6.92. The monoisotopic (exact) mass is 343 g/mol. The van der Waals surface area contributed by atoms with Crippen molar-refractivity contribution in [2.24, 2.45) is 23.5 Å². The molecule has 2 saturated carbocycles. The molecular formula is C19H29N5O. The zero-order valence-corrected chi connectivity index (χ0v) is 15.0. The molecule has 3 aliphatic rings. The molecule has 4 atom stereocenters. The lowest BCUT2D eigenvalue weighted by Crippen LogP contribution is -2.45. The Hall–Kier alpha value is -1.66. The number of likely N-dealkylation sites (N-methyl/N-ethyl adjacent to an activating group) is 1. The third-order valence-corrected chi connectivity index (χ3v) is 6.39. The van der Waals surface area contributed by atoms with Crippen LogP contribution in [-0.2, 0) is 11.3 Å². The lowest BCUT2D eigenvalue weighted by atomic mass is 9.84. The summed E-state index contributed by atoms with van der Waals surface area (Å²) < 4.78 is 0. The van der Waals surface area contributed by atoms with Crippen LogP contribution in [0, 0.1) is 17.8 Å². The van der Waals surface area contributed by atoms with Gasteiger partial charge >= 0.3 is 0 Å². The van der Waals surface area contributed by atoms with Gasteiger partial charge in [-0.15, -0.1) is 0 Å². The molecule has 1 saturated heterocycles. The summed E-state index contributed by atoms with van der Waals surface area (Å²) in [5.74, 6) is 2.22. The van der Waals surface area contributed by atoms with Crippen LogP contribution in [0.25, 0.3) is 0 Å². The number of nitrogens with zero attached hydrogens (tertiary/aromatic N) is 3. The van der Waals surface area contributed by atoms with E-state index in [2.05, 4.69) is 39.3 Å². The van der Waals surface area contributed by atoms with Crippen LogP contribution in [0.3, 0.4) is 0 Å². The lowest BCUT2D eigenvalue weighted by Gasteiger charge is -2.33. The van der Waals surface area contributed by atoms with E-state index in [1.165, 1.54) is 6.42 Å². The first kappa shape index (κ1) is 16.8. The number of amides is 1. The van der Waals surface area contributed by atoms with Gasteiger partial charge in [0.15, 0.2) is 0 Å². The Kier molecular flexibility index (Phi) is 4.65. The number of nitrogens with two attached hydrogens (primary N) is 1. The van der Waals surface area contributed by atoms with Gasteiger partial charge in [-0.3, -0.25) is 4.79 Å². The normalized spacial score (nSPS) is 32.2. The molecule has 25 heavy (non-hydrogen) atoms. The molecule has 2 aliphatic carbocycles. The van der Waals surface area contributed by atoms with Gasteiger partial charge in [-0.05, 0) is 49.8 Å². The van der Waals surface area contributed by atoms with Crippen molar-refractivity contribution in [3.05, 3.63) is 23.9 Å². The molecule has 136 valence electrons. The molecule has 1 aromatic rings. The summed E-state index contributed by atoms with van der Waals surface area (Å²) in [6.07, 6.45) is 5.39. The summed E-state index contributed by atoms with van der Waals surface area (Å²) in [7, 11) is 2.15. The van der Waals surface area contributed by atoms with E-state index in [-0.39, 0.29) is 17.9 Å². The summed E-state index contributed by atoms with van der Waals surface area (Å²) in [6, 6.07) is 4.19. The number of aromatic nitrogens is 1. The number of pyridine rings is 1. The molecule has 1 amide bonds. The van der Waals surface area contributed by atoms with Crippen LogP contribution in [0.1, 0.15) is 24.8 Å². The van der Waals surface area contributed by atoms with Crippen LogP contribution in [0.4, 0.5) is 5.82 Å². The molecule has 3 N–H and O–H groups in total. The number of anilines is 1. The van der Waals surface area contributed by atoms with Crippen molar-refractivity contribution in [2.45, 2.75) is 31.8 Å². The third kappa shape index (κ3) is 3.37. The molecule has 6 nitrogen and oxygen atoms in total. The zero-order chi connectivity index (χ0) is 17.4. The summed E-state index contributed by atoms with van der Waals surface area (Å²) >= 11 is 0. The second-order valence-corrected chi connectivity index (χ2v) is 7.97. The molecule has 0 radical (unpaired) electrons. The molecule has 6 heteroatoms. The van der Waals surface area contributed by atoms with Crippen molar-refractivity contribution in [1.82, 2.24) is 15.2 Å². The van der Waals surface area contributed by atoms with Gasteiger partial charge in [0.05, 0.1) is 5.92 Å². The van der Waals surface area contributed by atoms with E-state index in [4.69, 9.17) is 5.73 Å². The zero-order valence-electron chi connectivity index (χ0n) is 15.0. The topological polar surface area (TPSA) is 74.5 Å². The van der Waals surface area contributed by atoms with E-state index < -0.39 is 0 Å². The van der Waals surface area contributed by atoms with Gasteiger partial charge in [-0.2, -0.15) is 0 Å². The molecule has 0 aromatic carbocycles. The number of nitrogens with one attached hydrogen (secondary N) is 1. The van der Waals surface area contributed by atoms with E-state index in [0.717, 1.165) is 50.4 Å². The minimum absolute atomic E-state index is 0.0105. The molecule has 1 aliphatic heterocycles. The van der Waals surface area contributed by atoms with Gasteiger partial charge in [-0.25, -0.2) is 4.98 Å². The molecule has 2 bridgehead atoms. The fourth-order valence-electron chi connectivity index (χ4n) is 4.78. The maximum atomic E-state index is 12.5. The van der Waals surface area contributed by atoms with E-state index in [1.807, 2.05) is 6.20 Å². The summed E-state index contributed by atoms with van der Waals surface area (Å²) in [4.78, 5) is 21.8. The standard InChI is InChI=1S/C19H29N5O/c1-23-6-8-24(9-7-23)16-5-2-13(11-21-16)12-22-19(25)17-14-3-4-15(10-14)18(17)20/h2,5,11,14-15,17-18H,3-4,6-10,12,20H2,1H3,(H,22,25). The van der Waals surface area contributed by atoms with E-state index in [9.17, 15) is 4.79 Å². The van der Waals surface area contributed by atoms with Gasteiger partial charge in [0.2, 0.25) is 5.91 Å². The average molecular weight is 343 g/mol. The van der Waals surface area contributed by atoms with Gasteiger partial charge in [0.1, 0.15) is 5.82 Å². The van der Waals surface area contributed by atoms with Crippen molar-refractivity contribution in [1.29, 1.82) is 0 Å². The van der Waals surface area contributed by atoms with Crippen LogP contribution in [0.2, 0.25) is 0 Å². The largest absolute Gasteiger partial charge is 0.354 e. The lowest BCUT2D eigenvalue weighted by molar-refractivity contribution is -0.127. The first-order chi connectivity index (χ1) is 12.1. The first-order valence-electron chi connectivity index (χ1n) is 9.53. The molecular weight excluding hydrogens is 314 g/mol. The van der Waals surface area contributed by atoms with Crippen molar-refractivity contribution in [3.63, 3.8) is 0 Å². The number of rotatable bonds is 4. The Labute approximate surface area is 149 Å². The van der Waals surface area contributed by atoms with Crippen LogP contribution in [-0.4, -0.2) is 55.1 Å². The Morgan fingerprint density at radius 2 is 2.00 bits per heavy atom. The quantitative estimate of drug-likeness (QED) is 0.847. The van der Waals surface area contributed by atoms with E-state index in [1.54, 1.807) is 0 Å². The van der Waals surface area contributed by atoms with Crippen molar-refractivity contribution < 1.29 is 4.79 Å². The van der Waals surface area contributed by atoms with E-state index in [0.29, 0.717) is 18.4 Å². The Balaban J connectivity index is 1.30. The smallest absolute Gasteiger partial charge is 0.225 e. The molecule has 1 aromatic heterocycles. The third-order valence-electron chi connectivity index (χ3n) is 6.39. The van der Waals surface area contributed by atoms with Crippen LogP contribution in [0.5, 0.6) is 0 Å². The van der Waals surface area contributed by atoms with Crippen LogP contribution < -0.4 is 16.0 Å². The predicted molar refractivity (Wildman–Crippen MR) is 98.1 cm³/mol. The van der Waals surface area contributed by atoms with Gasteiger partial charge < -0.3 is 20.9 Å². The highest BCUT2D eigenvalue weighted by Gasteiger charge is 2.48. The molecule has 0 spiro atoms. The van der Waals surface area contributed by atoms with Crippen LogP contribution in [0.15, 0.2) is 18.3 Å². The average Bonchev–Trinajstić information content (AvgIpc) is 3.22. The number of piperazine rings is 1. The molecule has 2 heterocycles. The van der Waals surface area contributed by atoms with Gasteiger partial charge in [0.25, 0.3) is 0 Å². The molecule has 3 fully saturated rings. The second-order valence-electron chi connectivity index (χ2n) is 7.97. The summed E-state index contributed by atoms with van der Waals surface area (Å²) in [5.41, 5.74) is 7.31. The van der Waals surface area contributed by atoms with Crippen molar-refractivity contribution in [2.75, 3.05) is 38.1 Å². The fourth-order valence-corrected chi connectivity index (χ4v) is 4.78. The summed E-state index contributed by atoms with van der Waals surface area (Å²) in [5, 5.41) is 3.08. The maximum Gasteiger partial charge on any atom is 0.225 e. The first-order valence-corrected chi connectivity index (χ1v) is 9.53. The fraction of sp³-hybridized carbons (Fsp3) is 0.684. The number of carbonyl (C=O) groups is 1. The maximum absolute atomic E-state index is 12.5. The Bertz CT molecular complexity index is 609. The highest BCUT2D eigenvalue weighted by atomic mass is 16.1. The van der Waals surface area contributed by atoms with Crippen molar-refractivity contribution in [3.8, 4) is 0 Å². The number of carbonyl (C=O) groups excluding carboxylic acids is 1. The van der Waals surface area contributed by atoms with Gasteiger partial charge in [0, 0.05) is 45.0 Å². The minimum Gasteiger partial charge on any atom is -0.354 e. The van der Waals surface area contributed by atoms with E-state index >= 15 is 0 Å². The highest BCUT2D eigenvalue weighted by molar-refractivity contribution is 5.80.